The first-order valence-corrected chi connectivity index (χ1v) is 7.64. The number of carbonyl (C=O) groups is 1. The van der Waals surface area contributed by atoms with Gasteiger partial charge in [-0.25, -0.2) is 0 Å². The summed E-state index contributed by atoms with van der Waals surface area (Å²) in [5.74, 6) is -0.824. The molecule has 1 saturated carbocycles. The molecule has 0 bridgehead atoms. The van der Waals surface area contributed by atoms with Crippen LogP contribution < -0.4 is 5.32 Å². The van der Waals surface area contributed by atoms with E-state index in [0.717, 1.165) is 32.2 Å². The van der Waals surface area contributed by atoms with Crippen LogP contribution in [0.25, 0.3) is 10.9 Å². The van der Waals surface area contributed by atoms with Gasteiger partial charge in [-0.2, -0.15) is 0 Å². The number of carboxylic acid groups (broad SMARTS) is 1. The van der Waals surface area contributed by atoms with Gasteiger partial charge in [-0.3, -0.25) is 4.79 Å². The first kappa shape index (κ1) is 14.1. The number of para-hydroxylation sites is 1. The van der Waals surface area contributed by atoms with Crippen LogP contribution in [-0.2, 0) is 18.4 Å². The van der Waals surface area contributed by atoms with Gasteiger partial charge >= 0.3 is 5.97 Å². The number of aliphatic carboxylic acids is 1. The fourth-order valence-electron chi connectivity index (χ4n) is 3.42. The molecule has 0 aliphatic heterocycles. The molecule has 2 aromatic rings. The molecule has 3 rings (SSSR count). The van der Waals surface area contributed by atoms with Crippen LogP contribution in [0, 0.1) is 5.92 Å². The van der Waals surface area contributed by atoms with E-state index in [1.165, 1.54) is 16.5 Å². The van der Waals surface area contributed by atoms with E-state index in [2.05, 4.69) is 47.4 Å². The van der Waals surface area contributed by atoms with Crippen molar-refractivity contribution >= 4 is 16.9 Å². The molecule has 112 valence electrons. The second-order valence-electron chi connectivity index (χ2n) is 6.06. The Morgan fingerprint density at radius 2 is 2.19 bits per heavy atom. The second kappa shape index (κ2) is 5.90. The largest absolute Gasteiger partial charge is 0.481 e. The van der Waals surface area contributed by atoms with E-state index in [4.69, 9.17) is 5.11 Å². The normalized spacial score (nSPS) is 22.5. The molecule has 21 heavy (non-hydrogen) atoms. The Labute approximate surface area is 124 Å². The average molecular weight is 286 g/mol. The summed E-state index contributed by atoms with van der Waals surface area (Å²) in [6.07, 6.45) is 5.82. The van der Waals surface area contributed by atoms with Gasteiger partial charge in [-0.15, -0.1) is 0 Å². The second-order valence-corrected chi connectivity index (χ2v) is 6.06. The lowest BCUT2D eigenvalue weighted by Crippen LogP contribution is -2.36. The van der Waals surface area contributed by atoms with Gasteiger partial charge in [0.1, 0.15) is 0 Å². The standard InChI is InChI=1S/C17H22N2O2/c1-19-11-13(15-7-2-3-8-16(15)19)10-18-14-6-4-5-12(9-14)17(20)21/h2-3,7-8,11-12,14,18H,4-6,9-10H2,1H3,(H,20,21). The Bertz CT molecular complexity index is 647. The molecule has 2 atom stereocenters. The van der Waals surface area contributed by atoms with Gasteiger partial charge in [-0.05, 0) is 30.9 Å². The van der Waals surface area contributed by atoms with Crippen LogP contribution in [-0.4, -0.2) is 21.7 Å². The van der Waals surface area contributed by atoms with E-state index in [-0.39, 0.29) is 5.92 Å². The molecule has 1 aliphatic carbocycles. The summed E-state index contributed by atoms with van der Waals surface area (Å²) >= 11 is 0. The van der Waals surface area contributed by atoms with Gasteiger partial charge in [-0.1, -0.05) is 24.6 Å². The van der Waals surface area contributed by atoms with Crippen molar-refractivity contribution in [3.63, 3.8) is 0 Å². The highest BCUT2D eigenvalue weighted by molar-refractivity contribution is 5.83. The molecule has 2 unspecified atom stereocenters. The molecule has 1 heterocycles. The molecular formula is C17H22N2O2. The van der Waals surface area contributed by atoms with E-state index in [1.807, 2.05) is 0 Å². The van der Waals surface area contributed by atoms with E-state index in [0.29, 0.717) is 6.04 Å². The molecule has 2 N–H and O–H groups in total. The fraction of sp³-hybridized carbons (Fsp3) is 0.471. The summed E-state index contributed by atoms with van der Waals surface area (Å²) in [5, 5.41) is 14.0. The molecule has 1 aromatic heterocycles. The van der Waals surface area contributed by atoms with Crippen LogP contribution in [0.1, 0.15) is 31.2 Å². The third-order valence-electron chi connectivity index (χ3n) is 4.58. The lowest BCUT2D eigenvalue weighted by molar-refractivity contribution is -0.143. The summed E-state index contributed by atoms with van der Waals surface area (Å²) in [7, 11) is 2.06. The Morgan fingerprint density at radius 3 is 3.00 bits per heavy atom. The van der Waals surface area contributed by atoms with Crippen molar-refractivity contribution in [1.29, 1.82) is 0 Å². The number of hydrogen-bond donors (Lipinski definition) is 2. The van der Waals surface area contributed by atoms with Crippen molar-refractivity contribution in [3.8, 4) is 0 Å². The number of nitrogens with zero attached hydrogens (tertiary/aromatic N) is 1. The minimum atomic E-state index is -0.647. The van der Waals surface area contributed by atoms with Crippen molar-refractivity contribution in [1.82, 2.24) is 9.88 Å². The molecule has 1 aliphatic rings. The Morgan fingerprint density at radius 1 is 1.38 bits per heavy atom. The smallest absolute Gasteiger partial charge is 0.306 e. The van der Waals surface area contributed by atoms with Gasteiger partial charge in [0.05, 0.1) is 5.92 Å². The first-order valence-electron chi connectivity index (χ1n) is 7.64. The summed E-state index contributed by atoms with van der Waals surface area (Å²) < 4.78 is 2.15. The van der Waals surface area contributed by atoms with Gasteiger partial charge in [0.15, 0.2) is 0 Å². The maximum Gasteiger partial charge on any atom is 0.306 e. The van der Waals surface area contributed by atoms with Gasteiger partial charge in [0.2, 0.25) is 0 Å². The van der Waals surface area contributed by atoms with Crippen molar-refractivity contribution < 1.29 is 9.90 Å². The number of nitrogens with one attached hydrogen (secondary N) is 1. The zero-order valence-electron chi connectivity index (χ0n) is 12.4. The van der Waals surface area contributed by atoms with Gasteiger partial charge in [0, 0.05) is 36.7 Å². The van der Waals surface area contributed by atoms with E-state index in [9.17, 15) is 4.79 Å². The zero-order valence-corrected chi connectivity index (χ0v) is 12.4. The molecule has 0 amide bonds. The van der Waals surface area contributed by atoms with Crippen LogP contribution in [0.4, 0.5) is 0 Å². The number of benzene rings is 1. The summed E-state index contributed by atoms with van der Waals surface area (Å²) in [6, 6.07) is 8.71. The highest BCUT2D eigenvalue weighted by atomic mass is 16.4. The van der Waals surface area contributed by atoms with Gasteiger partial charge < -0.3 is 15.0 Å². The number of hydrogen-bond acceptors (Lipinski definition) is 2. The Balaban J connectivity index is 1.68. The van der Waals surface area contributed by atoms with Crippen LogP contribution in [0.15, 0.2) is 30.5 Å². The SMILES string of the molecule is Cn1cc(CNC2CCCC(C(=O)O)C2)c2ccccc21. The maximum absolute atomic E-state index is 11.1. The highest BCUT2D eigenvalue weighted by Crippen LogP contribution is 2.25. The number of fused-ring (bicyclic) bond motifs is 1. The molecule has 1 fully saturated rings. The molecule has 1 aromatic carbocycles. The predicted octanol–water partition coefficient (Wildman–Crippen LogP) is 2.91. The maximum atomic E-state index is 11.1. The average Bonchev–Trinajstić information content (AvgIpc) is 2.82. The number of aromatic nitrogens is 1. The van der Waals surface area contributed by atoms with Crippen LogP contribution in [0.5, 0.6) is 0 Å². The Hall–Kier alpha value is -1.81. The molecule has 4 heteroatoms. The fourth-order valence-corrected chi connectivity index (χ4v) is 3.42. The molecule has 0 radical (unpaired) electrons. The highest BCUT2D eigenvalue weighted by Gasteiger charge is 2.26. The monoisotopic (exact) mass is 286 g/mol. The van der Waals surface area contributed by atoms with E-state index < -0.39 is 5.97 Å². The van der Waals surface area contributed by atoms with Crippen molar-refractivity contribution in [2.24, 2.45) is 13.0 Å². The molecular weight excluding hydrogens is 264 g/mol. The lowest BCUT2D eigenvalue weighted by atomic mass is 9.86. The number of rotatable bonds is 4. The minimum Gasteiger partial charge on any atom is -0.481 e. The molecule has 0 spiro atoms. The van der Waals surface area contributed by atoms with E-state index in [1.54, 1.807) is 0 Å². The first-order chi connectivity index (χ1) is 10.1. The van der Waals surface area contributed by atoms with E-state index >= 15 is 0 Å². The van der Waals surface area contributed by atoms with Crippen molar-refractivity contribution in [3.05, 3.63) is 36.0 Å². The quantitative estimate of drug-likeness (QED) is 0.908. The van der Waals surface area contributed by atoms with Crippen LogP contribution in [0.2, 0.25) is 0 Å². The minimum absolute atomic E-state index is 0.177. The summed E-state index contributed by atoms with van der Waals surface area (Å²) in [5.41, 5.74) is 2.52. The third-order valence-corrected chi connectivity index (χ3v) is 4.58. The molecule has 4 nitrogen and oxygen atoms in total. The molecule has 0 saturated heterocycles. The number of carboxylic acids is 1. The Kier molecular flexibility index (Phi) is 3.97. The van der Waals surface area contributed by atoms with Gasteiger partial charge in [0.25, 0.3) is 0 Å². The predicted molar refractivity (Wildman–Crippen MR) is 83.1 cm³/mol. The summed E-state index contributed by atoms with van der Waals surface area (Å²) in [4.78, 5) is 11.1. The van der Waals surface area contributed by atoms with Crippen molar-refractivity contribution in [2.45, 2.75) is 38.3 Å². The third kappa shape index (κ3) is 2.95. The topological polar surface area (TPSA) is 54.3 Å². The van der Waals surface area contributed by atoms with Crippen molar-refractivity contribution in [2.75, 3.05) is 0 Å². The van der Waals surface area contributed by atoms with Crippen LogP contribution >= 0.6 is 0 Å². The van der Waals surface area contributed by atoms with Crippen LogP contribution in [0.3, 0.4) is 0 Å². The summed E-state index contributed by atoms with van der Waals surface area (Å²) in [6.45, 7) is 0.804. The number of aryl methyl sites for hydroxylation is 1. The zero-order chi connectivity index (χ0) is 14.8. The lowest BCUT2D eigenvalue weighted by Gasteiger charge is -2.27.